The lowest BCUT2D eigenvalue weighted by Gasteiger charge is -2.56. The maximum atomic E-state index is 4.75. The molecule has 2 aromatic carbocycles. The first-order chi connectivity index (χ1) is 19.4. The topological polar surface area (TPSA) is 0 Å². The summed E-state index contributed by atoms with van der Waals surface area (Å²) in [6.45, 7) is 39.8. The summed E-state index contributed by atoms with van der Waals surface area (Å²) < 4.78 is 0. The summed E-state index contributed by atoms with van der Waals surface area (Å²) in [5.74, 6) is 7.30. The van der Waals surface area contributed by atoms with Crippen molar-refractivity contribution in [1.82, 2.24) is 0 Å². The van der Waals surface area contributed by atoms with Gasteiger partial charge in [-0.3, -0.25) is 0 Å². The molecule has 0 aromatic heterocycles. The van der Waals surface area contributed by atoms with E-state index in [9.17, 15) is 0 Å². The van der Waals surface area contributed by atoms with Crippen LogP contribution in [0.5, 0.6) is 0 Å². The van der Waals surface area contributed by atoms with Crippen LogP contribution >= 0.6 is 0 Å². The highest BCUT2D eigenvalue weighted by Gasteiger charge is 2.53. The molecule has 0 aliphatic heterocycles. The summed E-state index contributed by atoms with van der Waals surface area (Å²) in [6.07, 6.45) is 3.21. The van der Waals surface area contributed by atoms with Gasteiger partial charge in [-0.1, -0.05) is 99.8 Å². The zero-order valence-corrected chi connectivity index (χ0v) is 27.2. The normalized spacial score (nSPS) is 24.4. The molecule has 3 unspecified atom stereocenters. The molecule has 214 valence electrons. The Hall–Kier alpha value is -3.56. The molecule has 0 saturated carbocycles. The zero-order valence-electron chi connectivity index (χ0n) is 27.2. The molecule has 0 saturated heterocycles. The second-order valence-electron chi connectivity index (χ2n) is 12.6. The third kappa shape index (κ3) is 5.53. The van der Waals surface area contributed by atoms with Crippen molar-refractivity contribution in [3.05, 3.63) is 136 Å². The average molecular weight is 543 g/mol. The van der Waals surface area contributed by atoms with Crippen LogP contribution in [0.3, 0.4) is 0 Å². The number of fused-ring (bicyclic) bond motifs is 3. The Morgan fingerprint density at radius 2 is 1.49 bits per heavy atom. The van der Waals surface area contributed by atoms with Gasteiger partial charge < -0.3 is 0 Å². The maximum absolute atomic E-state index is 4.75. The molecule has 0 fully saturated rings. The Morgan fingerprint density at radius 3 is 2.07 bits per heavy atom. The monoisotopic (exact) mass is 542 g/mol. The number of rotatable bonds is 1. The molecule has 0 bridgehead atoms. The Morgan fingerprint density at radius 1 is 0.878 bits per heavy atom. The number of hydrogen-bond donors (Lipinski definition) is 0. The fraction of sp³-hybridized carbons (Fsp3) is 0.366. The van der Waals surface area contributed by atoms with E-state index >= 15 is 0 Å². The van der Waals surface area contributed by atoms with Gasteiger partial charge in [0.2, 0.25) is 0 Å². The molecule has 3 atom stereocenters. The SMILES string of the molecule is C=C.C=C(C)C1=C(C)CC2(C)CC3(C)Cc4c(C#Cc5ccc(C)cc5)ccc(C)c4C(=C)C3=C(C)C2C1=C.CC. The molecule has 0 heterocycles. The number of allylic oxidation sites excluding steroid dienone is 7. The fourth-order valence-corrected chi connectivity index (χ4v) is 8.35. The van der Waals surface area contributed by atoms with Gasteiger partial charge in [0.1, 0.15) is 0 Å². The molecular formula is C41H50. The molecule has 0 spiro atoms. The van der Waals surface area contributed by atoms with E-state index in [0.717, 1.165) is 36.0 Å². The predicted molar refractivity (Wildman–Crippen MR) is 182 cm³/mol. The van der Waals surface area contributed by atoms with Crippen LogP contribution < -0.4 is 0 Å². The minimum absolute atomic E-state index is 0.0226. The molecule has 0 radical (unpaired) electrons. The lowest BCUT2D eigenvalue weighted by Crippen LogP contribution is -2.46. The standard InChI is InChI=1S/C37H40.C2H6.C2H4/c1-22(2)32-25(5)19-36(9)21-37(10)20-31-30(18-16-29-14-11-23(3)12-15-29)17-13-24(4)33(31)27(7)35(37)28(8)34(36)26(32)6;2*1-2/h11-15,17,34H,1,6-7,19-21H2,2-5,8-10H3;1-2H3;1-2H2. The van der Waals surface area contributed by atoms with Crippen LogP contribution in [0.4, 0.5) is 0 Å². The van der Waals surface area contributed by atoms with E-state index in [2.05, 4.69) is 123 Å². The first-order valence-corrected chi connectivity index (χ1v) is 15.0. The Bertz CT molecular complexity index is 1520. The second kappa shape index (κ2) is 12.1. The maximum Gasteiger partial charge on any atom is 0.0287 e. The van der Waals surface area contributed by atoms with Gasteiger partial charge in [0.05, 0.1) is 0 Å². The van der Waals surface area contributed by atoms with Crippen molar-refractivity contribution in [2.45, 2.75) is 81.6 Å². The predicted octanol–water partition coefficient (Wildman–Crippen LogP) is 11.3. The van der Waals surface area contributed by atoms with Gasteiger partial charge in [0, 0.05) is 17.0 Å². The van der Waals surface area contributed by atoms with Crippen LogP contribution in [-0.4, -0.2) is 0 Å². The van der Waals surface area contributed by atoms with Gasteiger partial charge in [-0.25, -0.2) is 0 Å². The number of benzene rings is 2. The van der Waals surface area contributed by atoms with Crippen molar-refractivity contribution in [3.63, 3.8) is 0 Å². The minimum Gasteiger partial charge on any atom is -0.106 e. The highest BCUT2D eigenvalue weighted by molar-refractivity contribution is 5.87. The summed E-state index contributed by atoms with van der Waals surface area (Å²) in [4.78, 5) is 0. The Kier molecular flexibility index (Phi) is 9.45. The van der Waals surface area contributed by atoms with Crippen molar-refractivity contribution in [2.24, 2.45) is 16.7 Å². The fourth-order valence-electron chi connectivity index (χ4n) is 8.35. The summed E-state index contributed by atoms with van der Waals surface area (Å²) >= 11 is 0. The first kappa shape index (κ1) is 32.0. The molecule has 0 heteroatoms. The van der Waals surface area contributed by atoms with Crippen LogP contribution in [0.25, 0.3) is 5.57 Å². The van der Waals surface area contributed by atoms with E-state index in [1.54, 1.807) is 0 Å². The molecule has 5 rings (SSSR count). The van der Waals surface area contributed by atoms with Gasteiger partial charge >= 0.3 is 0 Å². The molecule has 41 heavy (non-hydrogen) atoms. The van der Waals surface area contributed by atoms with E-state index < -0.39 is 0 Å². The Balaban J connectivity index is 0.00000111. The van der Waals surface area contributed by atoms with Gasteiger partial charge in [-0.05, 0) is 122 Å². The van der Waals surface area contributed by atoms with E-state index in [0.29, 0.717) is 5.92 Å². The summed E-state index contributed by atoms with van der Waals surface area (Å²) in [5, 5.41) is 0. The molecule has 0 N–H and O–H groups in total. The quantitative estimate of drug-likeness (QED) is 0.248. The Labute approximate surface area is 251 Å². The molecular weight excluding hydrogens is 492 g/mol. The van der Waals surface area contributed by atoms with E-state index in [4.69, 9.17) is 6.58 Å². The van der Waals surface area contributed by atoms with Crippen LogP contribution in [0.15, 0.2) is 103 Å². The highest BCUT2D eigenvalue weighted by Crippen LogP contribution is 2.65. The van der Waals surface area contributed by atoms with Gasteiger partial charge in [0.25, 0.3) is 0 Å². The van der Waals surface area contributed by atoms with Gasteiger partial charge in [0.15, 0.2) is 0 Å². The molecule has 0 amide bonds. The van der Waals surface area contributed by atoms with Crippen molar-refractivity contribution in [3.8, 4) is 11.8 Å². The van der Waals surface area contributed by atoms with Crippen LogP contribution in [0.2, 0.25) is 0 Å². The zero-order chi connectivity index (χ0) is 30.9. The lowest BCUT2D eigenvalue weighted by atomic mass is 9.47. The first-order valence-electron chi connectivity index (χ1n) is 15.0. The van der Waals surface area contributed by atoms with Crippen molar-refractivity contribution in [2.75, 3.05) is 0 Å². The largest absolute Gasteiger partial charge is 0.106 e. The number of hydrogen-bond acceptors (Lipinski definition) is 0. The summed E-state index contributed by atoms with van der Waals surface area (Å²) in [5.41, 5.74) is 16.8. The summed E-state index contributed by atoms with van der Waals surface area (Å²) in [6, 6.07) is 12.9. The van der Waals surface area contributed by atoms with Crippen molar-refractivity contribution >= 4 is 5.57 Å². The highest BCUT2D eigenvalue weighted by atomic mass is 14.6. The minimum atomic E-state index is 0.0226. The lowest BCUT2D eigenvalue weighted by molar-refractivity contribution is 0.119. The van der Waals surface area contributed by atoms with Gasteiger partial charge in [-0.2, -0.15) is 0 Å². The van der Waals surface area contributed by atoms with E-state index in [-0.39, 0.29) is 10.8 Å². The van der Waals surface area contributed by atoms with Gasteiger partial charge in [-0.15, -0.1) is 13.2 Å². The van der Waals surface area contributed by atoms with Crippen LogP contribution in [0.1, 0.15) is 94.7 Å². The van der Waals surface area contributed by atoms with E-state index in [1.165, 1.54) is 55.7 Å². The van der Waals surface area contributed by atoms with E-state index in [1.807, 2.05) is 13.8 Å². The summed E-state index contributed by atoms with van der Waals surface area (Å²) in [7, 11) is 0. The number of aryl methyl sites for hydroxylation is 2. The average Bonchev–Trinajstić information content (AvgIpc) is 2.90. The second-order valence-corrected chi connectivity index (χ2v) is 12.6. The van der Waals surface area contributed by atoms with Crippen molar-refractivity contribution < 1.29 is 0 Å². The molecule has 2 aromatic rings. The van der Waals surface area contributed by atoms with Crippen LogP contribution in [-0.2, 0) is 6.42 Å². The third-order valence-corrected chi connectivity index (χ3v) is 9.20. The molecule has 3 aliphatic carbocycles. The van der Waals surface area contributed by atoms with Crippen LogP contribution in [0, 0.1) is 42.4 Å². The van der Waals surface area contributed by atoms with Crippen molar-refractivity contribution in [1.29, 1.82) is 0 Å². The molecule has 0 nitrogen and oxygen atoms in total. The third-order valence-electron chi connectivity index (χ3n) is 9.20. The smallest absolute Gasteiger partial charge is 0.0287 e. The molecule has 3 aliphatic rings.